The first-order chi connectivity index (χ1) is 11.8. The molecule has 0 unspecified atom stereocenters. The minimum Gasteiger partial charge on any atom is -0.496 e. The molecule has 124 valence electrons. The summed E-state index contributed by atoms with van der Waals surface area (Å²) >= 11 is 0. The molecule has 3 aromatic rings. The molecule has 0 aromatic heterocycles. The van der Waals surface area contributed by atoms with Crippen LogP contribution in [0.3, 0.4) is 0 Å². The van der Waals surface area contributed by atoms with Crippen molar-refractivity contribution in [2.75, 3.05) is 19.5 Å². The minimum absolute atomic E-state index is 0.0592. The predicted molar refractivity (Wildman–Crippen MR) is 96.7 cm³/mol. The smallest absolute Gasteiger partial charge is 0.124 e. The summed E-state index contributed by atoms with van der Waals surface area (Å²) in [7, 11) is 3.29. The molecule has 3 rings (SSSR count). The second-order valence-corrected chi connectivity index (χ2v) is 5.51. The fraction of sp³-hybridized carbons (Fsp3) is 0.200. The lowest BCUT2D eigenvalue weighted by atomic mass is 10.0. The number of benzene rings is 3. The van der Waals surface area contributed by atoms with Gasteiger partial charge in [-0.05, 0) is 35.0 Å². The van der Waals surface area contributed by atoms with Gasteiger partial charge in [-0.1, -0.05) is 30.3 Å². The van der Waals surface area contributed by atoms with Crippen LogP contribution in [0.1, 0.15) is 11.1 Å². The van der Waals surface area contributed by atoms with E-state index in [0.717, 1.165) is 22.6 Å². The summed E-state index contributed by atoms with van der Waals surface area (Å²) in [5.74, 6) is 1.54. The third-order valence-corrected chi connectivity index (χ3v) is 4.14. The van der Waals surface area contributed by atoms with Gasteiger partial charge in [0.1, 0.15) is 11.5 Å². The maximum atomic E-state index is 9.45. The maximum Gasteiger partial charge on any atom is 0.124 e. The molecule has 0 aliphatic rings. The Hall–Kier alpha value is -2.72. The van der Waals surface area contributed by atoms with Crippen molar-refractivity contribution in [1.29, 1.82) is 0 Å². The minimum atomic E-state index is -0.0592. The number of fused-ring (bicyclic) bond motifs is 1. The average molecular weight is 323 g/mol. The van der Waals surface area contributed by atoms with Crippen LogP contribution in [0.25, 0.3) is 10.8 Å². The van der Waals surface area contributed by atoms with E-state index in [4.69, 9.17) is 9.47 Å². The second-order valence-electron chi connectivity index (χ2n) is 5.51. The highest BCUT2D eigenvalue weighted by atomic mass is 16.5. The third-order valence-electron chi connectivity index (χ3n) is 4.14. The van der Waals surface area contributed by atoms with E-state index in [1.165, 1.54) is 10.8 Å². The summed E-state index contributed by atoms with van der Waals surface area (Å²) in [6.45, 7) is 0.567. The first-order valence-electron chi connectivity index (χ1n) is 7.83. The number of anilines is 1. The molecule has 2 N–H and O–H groups in total. The van der Waals surface area contributed by atoms with Crippen LogP contribution in [0.4, 0.5) is 5.69 Å². The second kappa shape index (κ2) is 7.23. The molecule has 0 heterocycles. The largest absolute Gasteiger partial charge is 0.496 e. The molecule has 0 aliphatic carbocycles. The summed E-state index contributed by atoms with van der Waals surface area (Å²) < 4.78 is 10.8. The van der Waals surface area contributed by atoms with Crippen LogP contribution >= 0.6 is 0 Å². The van der Waals surface area contributed by atoms with E-state index in [-0.39, 0.29) is 6.61 Å². The Morgan fingerprint density at radius 3 is 2.42 bits per heavy atom. The van der Waals surface area contributed by atoms with Gasteiger partial charge in [0, 0.05) is 23.4 Å². The van der Waals surface area contributed by atoms with Crippen molar-refractivity contribution in [2.45, 2.75) is 13.2 Å². The Bertz CT molecular complexity index is 845. The molecule has 4 heteroatoms. The van der Waals surface area contributed by atoms with Crippen molar-refractivity contribution in [3.8, 4) is 11.5 Å². The molecule has 24 heavy (non-hydrogen) atoms. The van der Waals surface area contributed by atoms with Crippen molar-refractivity contribution < 1.29 is 14.6 Å². The molecule has 0 fully saturated rings. The zero-order chi connectivity index (χ0) is 16.9. The zero-order valence-corrected chi connectivity index (χ0v) is 13.9. The fourth-order valence-corrected chi connectivity index (χ4v) is 2.89. The number of hydrogen-bond donors (Lipinski definition) is 2. The lowest BCUT2D eigenvalue weighted by Crippen LogP contribution is -2.03. The Morgan fingerprint density at radius 2 is 1.67 bits per heavy atom. The molecule has 0 radical (unpaired) electrons. The van der Waals surface area contributed by atoms with Gasteiger partial charge in [0.05, 0.1) is 20.8 Å². The van der Waals surface area contributed by atoms with E-state index in [1.807, 2.05) is 36.4 Å². The van der Waals surface area contributed by atoms with Crippen LogP contribution in [-0.4, -0.2) is 19.3 Å². The van der Waals surface area contributed by atoms with E-state index in [0.29, 0.717) is 12.3 Å². The standard InChI is InChI=1S/C20H21NO3/c1-23-19-10-8-16(11-15(19)13-22)21-12-18-17-6-4-3-5-14(17)7-9-20(18)24-2/h3-11,21-22H,12-13H2,1-2H3. The van der Waals surface area contributed by atoms with Gasteiger partial charge >= 0.3 is 0 Å². The van der Waals surface area contributed by atoms with Gasteiger partial charge in [-0.25, -0.2) is 0 Å². The lowest BCUT2D eigenvalue weighted by Gasteiger charge is -2.15. The first kappa shape index (κ1) is 16.1. The maximum absolute atomic E-state index is 9.45. The van der Waals surface area contributed by atoms with Crippen LogP contribution in [0.15, 0.2) is 54.6 Å². The molecular weight excluding hydrogens is 302 g/mol. The number of aliphatic hydroxyl groups excluding tert-OH is 1. The van der Waals surface area contributed by atoms with Crippen molar-refractivity contribution in [1.82, 2.24) is 0 Å². The van der Waals surface area contributed by atoms with Crippen molar-refractivity contribution in [3.63, 3.8) is 0 Å². The highest BCUT2D eigenvalue weighted by Gasteiger charge is 2.09. The number of hydrogen-bond acceptors (Lipinski definition) is 4. The van der Waals surface area contributed by atoms with E-state index in [2.05, 4.69) is 23.5 Å². The molecular formula is C20H21NO3. The highest BCUT2D eigenvalue weighted by molar-refractivity contribution is 5.88. The van der Waals surface area contributed by atoms with Crippen LogP contribution in [0.2, 0.25) is 0 Å². The Labute approximate surface area is 141 Å². The first-order valence-corrected chi connectivity index (χ1v) is 7.83. The van der Waals surface area contributed by atoms with Crippen molar-refractivity contribution in [2.24, 2.45) is 0 Å². The summed E-state index contributed by atoms with van der Waals surface area (Å²) in [5.41, 5.74) is 2.79. The number of nitrogens with one attached hydrogen (secondary N) is 1. The number of methoxy groups -OCH3 is 2. The van der Waals surface area contributed by atoms with E-state index >= 15 is 0 Å². The molecule has 4 nitrogen and oxygen atoms in total. The van der Waals surface area contributed by atoms with Crippen LogP contribution in [0.5, 0.6) is 11.5 Å². The molecule has 0 amide bonds. The molecule has 0 bridgehead atoms. The van der Waals surface area contributed by atoms with Gasteiger partial charge in [-0.15, -0.1) is 0 Å². The fourth-order valence-electron chi connectivity index (χ4n) is 2.89. The number of aliphatic hydroxyl groups is 1. The van der Waals surface area contributed by atoms with Crippen LogP contribution < -0.4 is 14.8 Å². The highest BCUT2D eigenvalue weighted by Crippen LogP contribution is 2.29. The van der Waals surface area contributed by atoms with Crippen molar-refractivity contribution in [3.05, 3.63) is 65.7 Å². The topological polar surface area (TPSA) is 50.7 Å². The number of ether oxygens (including phenoxy) is 2. The predicted octanol–water partition coefficient (Wildman–Crippen LogP) is 3.96. The monoisotopic (exact) mass is 323 g/mol. The molecule has 0 saturated carbocycles. The molecule has 0 spiro atoms. The van der Waals surface area contributed by atoms with Gasteiger partial charge in [0.25, 0.3) is 0 Å². The summed E-state index contributed by atoms with van der Waals surface area (Å²) in [6, 6.07) is 18.0. The molecule has 0 aliphatic heterocycles. The van der Waals surface area contributed by atoms with Gasteiger partial charge in [0.15, 0.2) is 0 Å². The quantitative estimate of drug-likeness (QED) is 0.721. The SMILES string of the molecule is COc1ccc(NCc2c(OC)ccc3ccccc23)cc1CO. The average Bonchev–Trinajstić information content (AvgIpc) is 2.65. The summed E-state index contributed by atoms with van der Waals surface area (Å²) in [5, 5.41) is 15.2. The van der Waals surface area contributed by atoms with Gasteiger partial charge in [-0.2, -0.15) is 0 Å². The molecule has 0 atom stereocenters. The van der Waals surface area contributed by atoms with Crippen molar-refractivity contribution >= 4 is 16.5 Å². The Morgan fingerprint density at radius 1 is 0.917 bits per heavy atom. The molecule has 3 aromatic carbocycles. The van der Waals surface area contributed by atoms with E-state index in [1.54, 1.807) is 14.2 Å². The lowest BCUT2D eigenvalue weighted by molar-refractivity contribution is 0.274. The van der Waals surface area contributed by atoms with E-state index in [9.17, 15) is 5.11 Å². The Kier molecular flexibility index (Phi) is 4.87. The number of rotatable bonds is 6. The third kappa shape index (κ3) is 3.14. The van der Waals surface area contributed by atoms with Gasteiger partial charge in [-0.3, -0.25) is 0 Å². The van der Waals surface area contributed by atoms with Crippen LogP contribution in [0, 0.1) is 0 Å². The van der Waals surface area contributed by atoms with Gasteiger partial charge < -0.3 is 19.9 Å². The van der Waals surface area contributed by atoms with Gasteiger partial charge in [0.2, 0.25) is 0 Å². The summed E-state index contributed by atoms with van der Waals surface area (Å²) in [6.07, 6.45) is 0. The summed E-state index contributed by atoms with van der Waals surface area (Å²) in [4.78, 5) is 0. The van der Waals surface area contributed by atoms with E-state index < -0.39 is 0 Å². The normalized spacial score (nSPS) is 10.6. The molecule has 0 saturated heterocycles. The Balaban J connectivity index is 1.90. The van der Waals surface area contributed by atoms with Crippen LogP contribution in [-0.2, 0) is 13.2 Å². The zero-order valence-electron chi connectivity index (χ0n) is 13.9.